The Hall–Kier alpha value is -1.67. The van der Waals surface area contributed by atoms with Gasteiger partial charge < -0.3 is 25.6 Å². The number of esters is 1. The lowest BCUT2D eigenvalue weighted by Gasteiger charge is -2.40. The summed E-state index contributed by atoms with van der Waals surface area (Å²) in [5.41, 5.74) is 5.62. The van der Waals surface area contributed by atoms with Gasteiger partial charge in [-0.15, -0.1) is 0 Å². The number of aliphatic carboxylic acids is 1. The van der Waals surface area contributed by atoms with E-state index in [2.05, 4.69) is 26.1 Å². The molecule has 0 aromatic carbocycles. The number of methoxy groups -OCH3 is 1. The first-order chi connectivity index (χ1) is 12.1. The number of ether oxygens (including phenoxy) is 2. The van der Waals surface area contributed by atoms with Gasteiger partial charge in [0.2, 0.25) is 5.91 Å². The Balaban J connectivity index is 2.71. The van der Waals surface area contributed by atoms with E-state index >= 15 is 0 Å². The summed E-state index contributed by atoms with van der Waals surface area (Å²) in [6, 6.07) is -2.26. The van der Waals surface area contributed by atoms with Crippen molar-refractivity contribution in [2.45, 2.75) is 71.1 Å². The van der Waals surface area contributed by atoms with Gasteiger partial charge >= 0.3 is 11.9 Å². The van der Waals surface area contributed by atoms with Gasteiger partial charge in [0.25, 0.3) is 0 Å². The Morgan fingerprint density at radius 3 is 2.38 bits per heavy atom. The number of carboxylic acid groups (broad SMARTS) is 1. The summed E-state index contributed by atoms with van der Waals surface area (Å²) >= 11 is 0. The van der Waals surface area contributed by atoms with Crippen LogP contribution in [0.15, 0.2) is 0 Å². The average Bonchev–Trinajstić information content (AvgIpc) is 2.56. The summed E-state index contributed by atoms with van der Waals surface area (Å²) in [5.74, 6) is -2.19. The molecule has 26 heavy (non-hydrogen) atoms. The molecule has 0 saturated heterocycles. The van der Waals surface area contributed by atoms with Crippen LogP contribution in [0.1, 0.15) is 52.9 Å². The zero-order valence-electron chi connectivity index (χ0n) is 16.1. The minimum absolute atomic E-state index is 0.000464. The molecule has 0 heterocycles. The second-order valence-electron chi connectivity index (χ2n) is 7.92. The minimum Gasteiger partial charge on any atom is -0.481 e. The second-order valence-corrected chi connectivity index (χ2v) is 7.92. The number of carboxylic acids is 1. The van der Waals surface area contributed by atoms with Crippen molar-refractivity contribution in [3.63, 3.8) is 0 Å². The molecule has 0 bridgehead atoms. The van der Waals surface area contributed by atoms with Gasteiger partial charge in [-0.2, -0.15) is 0 Å². The van der Waals surface area contributed by atoms with E-state index in [4.69, 9.17) is 20.3 Å². The third-order valence-corrected chi connectivity index (χ3v) is 4.83. The zero-order valence-corrected chi connectivity index (χ0v) is 16.1. The monoisotopic (exact) mass is 372 g/mol. The van der Waals surface area contributed by atoms with Gasteiger partial charge in [0, 0.05) is 0 Å². The standard InChI is InChI=1S/C18H32N2O6/c1-18(2,3)11-7-5-6-8-14(11)26-10-13(17(24)25-4)20-16(23)12(19)9-15(21)22/h11-14H,5-10,19H2,1-4H3,(H,20,23)(H,21,22)/t11?,12-,13-,14?/m0/s1. The highest BCUT2D eigenvalue weighted by atomic mass is 16.5. The molecule has 1 aliphatic carbocycles. The predicted octanol–water partition coefficient (Wildman–Crippen LogP) is 1.07. The highest BCUT2D eigenvalue weighted by Gasteiger charge is 2.36. The molecule has 150 valence electrons. The van der Waals surface area contributed by atoms with Crippen LogP contribution >= 0.6 is 0 Å². The summed E-state index contributed by atoms with van der Waals surface area (Å²) in [6.45, 7) is 6.48. The normalized spacial score (nSPS) is 23.0. The van der Waals surface area contributed by atoms with Gasteiger partial charge in [-0.1, -0.05) is 33.6 Å². The maximum Gasteiger partial charge on any atom is 0.330 e. The molecule has 1 amide bonds. The van der Waals surface area contributed by atoms with E-state index in [9.17, 15) is 14.4 Å². The van der Waals surface area contributed by atoms with Crippen LogP contribution < -0.4 is 11.1 Å². The number of hydrogen-bond donors (Lipinski definition) is 3. The summed E-state index contributed by atoms with van der Waals surface area (Å²) in [5, 5.41) is 11.2. The largest absolute Gasteiger partial charge is 0.481 e. The van der Waals surface area contributed by atoms with Crippen molar-refractivity contribution >= 4 is 17.8 Å². The third-order valence-electron chi connectivity index (χ3n) is 4.83. The van der Waals surface area contributed by atoms with E-state index < -0.39 is 36.4 Å². The summed E-state index contributed by atoms with van der Waals surface area (Å²) in [4.78, 5) is 34.7. The van der Waals surface area contributed by atoms with Gasteiger partial charge in [-0.25, -0.2) is 4.79 Å². The Labute approximate surface area is 154 Å². The van der Waals surface area contributed by atoms with E-state index in [0.717, 1.165) is 25.7 Å². The lowest BCUT2D eigenvalue weighted by molar-refractivity contribution is -0.149. The van der Waals surface area contributed by atoms with Gasteiger partial charge in [-0.05, 0) is 24.2 Å². The first kappa shape index (κ1) is 22.4. The Kier molecular flexibility index (Phi) is 8.49. The number of carbonyl (C=O) groups is 3. The number of rotatable bonds is 8. The molecule has 1 fully saturated rings. The van der Waals surface area contributed by atoms with E-state index in [1.54, 1.807) is 0 Å². The van der Waals surface area contributed by atoms with Crippen molar-refractivity contribution in [3.05, 3.63) is 0 Å². The number of carbonyl (C=O) groups excluding carboxylic acids is 2. The van der Waals surface area contributed by atoms with Crippen LogP contribution in [0.5, 0.6) is 0 Å². The highest BCUT2D eigenvalue weighted by molar-refractivity contribution is 5.89. The third kappa shape index (κ3) is 6.92. The maximum absolute atomic E-state index is 12.0. The van der Waals surface area contributed by atoms with E-state index in [-0.39, 0.29) is 18.1 Å². The van der Waals surface area contributed by atoms with Gasteiger partial charge in [0.1, 0.15) is 0 Å². The van der Waals surface area contributed by atoms with Crippen LogP contribution in [-0.4, -0.2) is 54.9 Å². The average molecular weight is 372 g/mol. The van der Waals surface area contributed by atoms with Gasteiger partial charge in [0.05, 0.1) is 32.3 Å². The zero-order chi connectivity index (χ0) is 19.9. The molecule has 1 saturated carbocycles. The van der Waals surface area contributed by atoms with Crippen LogP contribution in [-0.2, 0) is 23.9 Å². The van der Waals surface area contributed by atoms with Crippen molar-refractivity contribution in [3.8, 4) is 0 Å². The molecule has 0 aromatic heterocycles. The fourth-order valence-electron chi connectivity index (χ4n) is 3.38. The smallest absolute Gasteiger partial charge is 0.330 e. The quantitative estimate of drug-likeness (QED) is 0.544. The minimum atomic E-state index is -1.24. The number of nitrogens with one attached hydrogen (secondary N) is 1. The molecular weight excluding hydrogens is 340 g/mol. The summed E-state index contributed by atoms with van der Waals surface area (Å²) in [7, 11) is 1.22. The van der Waals surface area contributed by atoms with E-state index in [1.165, 1.54) is 7.11 Å². The van der Waals surface area contributed by atoms with Crippen LogP contribution in [0, 0.1) is 11.3 Å². The SMILES string of the molecule is COC(=O)[C@H](COC1CCCCC1C(C)(C)C)NC(=O)[C@@H](N)CC(=O)O. The van der Waals surface area contributed by atoms with E-state index in [0.29, 0.717) is 5.92 Å². The van der Waals surface area contributed by atoms with E-state index in [1.807, 2.05) is 0 Å². The van der Waals surface area contributed by atoms with Gasteiger partial charge in [-0.3, -0.25) is 9.59 Å². The molecule has 1 aliphatic rings. The van der Waals surface area contributed by atoms with Crippen molar-refractivity contribution in [2.24, 2.45) is 17.1 Å². The first-order valence-electron chi connectivity index (χ1n) is 9.03. The molecule has 4 N–H and O–H groups in total. The highest BCUT2D eigenvalue weighted by Crippen LogP contribution is 2.39. The lowest BCUT2D eigenvalue weighted by atomic mass is 9.70. The molecule has 8 nitrogen and oxygen atoms in total. The lowest BCUT2D eigenvalue weighted by Crippen LogP contribution is -2.52. The van der Waals surface area contributed by atoms with Crippen molar-refractivity contribution in [1.82, 2.24) is 5.32 Å². The Morgan fingerprint density at radius 2 is 1.85 bits per heavy atom. The molecule has 0 radical (unpaired) electrons. The molecule has 0 spiro atoms. The second kappa shape index (κ2) is 9.87. The predicted molar refractivity (Wildman–Crippen MR) is 95.3 cm³/mol. The molecule has 0 aromatic rings. The number of nitrogens with two attached hydrogens (primary N) is 1. The maximum atomic E-state index is 12.0. The topological polar surface area (TPSA) is 128 Å². The fraction of sp³-hybridized carbons (Fsp3) is 0.833. The van der Waals surface area contributed by atoms with Gasteiger partial charge in [0.15, 0.2) is 6.04 Å². The van der Waals surface area contributed by atoms with Crippen LogP contribution in [0.4, 0.5) is 0 Å². The molecule has 8 heteroatoms. The number of hydrogen-bond acceptors (Lipinski definition) is 6. The summed E-state index contributed by atoms with van der Waals surface area (Å²) < 4.78 is 10.7. The molecule has 1 rings (SSSR count). The summed E-state index contributed by atoms with van der Waals surface area (Å²) in [6.07, 6.45) is 3.67. The van der Waals surface area contributed by atoms with Crippen LogP contribution in [0.3, 0.4) is 0 Å². The van der Waals surface area contributed by atoms with Crippen molar-refractivity contribution in [1.29, 1.82) is 0 Å². The molecule has 2 unspecified atom stereocenters. The van der Waals surface area contributed by atoms with Crippen LogP contribution in [0.25, 0.3) is 0 Å². The molecule has 4 atom stereocenters. The Bertz CT molecular complexity index is 502. The first-order valence-corrected chi connectivity index (χ1v) is 9.03. The number of amides is 1. The fourth-order valence-corrected chi connectivity index (χ4v) is 3.38. The van der Waals surface area contributed by atoms with Crippen LogP contribution in [0.2, 0.25) is 0 Å². The molecule has 0 aliphatic heterocycles. The van der Waals surface area contributed by atoms with Crippen molar-refractivity contribution < 1.29 is 29.0 Å². The molecular formula is C18H32N2O6. The Morgan fingerprint density at radius 1 is 1.23 bits per heavy atom. The van der Waals surface area contributed by atoms with Crippen molar-refractivity contribution in [2.75, 3.05) is 13.7 Å².